The molecule has 14 N–H and O–H groups in total. The molecule has 6 rings (SSSR count). The summed E-state index contributed by atoms with van der Waals surface area (Å²) in [5.41, 5.74) is -0.934. The first-order valence-corrected chi connectivity index (χ1v) is 25.5. The summed E-state index contributed by atoms with van der Waals surface area (Å²) in [6.45, 7) is 1.83. The molecule has 0 aliphatic carbocycles. The molecular weight excluding hydrogens is 993 g/mol. The minimum absolute atomic E-state index is 0.0533. The summed E-state index contributed by atoms with van der Waals surface area (Å²) in [4.78, 5) is 25.3. The van der Waals surface area contributed by atoms with Crippen LogP contribution in [0.1, 0.15) is 60.2 Å². The topological polar surface area (TPSA) is 400 Å². The average molecular weight is 1050 g/mol. The van der Waals surface area contributed by atoms with E-state index < -0.39 is 127 Å². The third-order valence-electron chi connectivity index (χ3n) is 11.6. The quantitative estimate of drug-likeness (QED) is 0.0539. The predicted molar refractivity (Wildman–Crippen MR) is 255 cm³/mol. The molecule has 72 heavy (non-hydrogen) atoms. The van der Waals surface area contributed by atoms with Crippen LogP contribution in [0.2, 0.25) is 0 Å². The Morgan fingerprint density at radius 1 is 0.667 bits per heavy atom. The number of primary sulfonamides is 2. The third-order valence-corrected chi connectivity index (χ3v) is 13.4. The lowest BCUT2D eigenvalue weighted by Crippen LogP contribution is -2.64. The maximum Gasteiger partial charge on any atom is 0.335 e. The van der Waals surface area contributed by atoms with Crippen LogP contribution in [0.15, 0.2) is 94.7 Å². The zero-order chi connectivity index (χ0) is 53.3. The number of carboxylic acids is 2. The summed E-state index contributed by atoms with van der Waals surface area (Å²) in [5.74, 6) is -7.77. The van der Waals surface area contributed by atoms with Crippen molar-refractivity contribution in [2.24, 2.45) is 10.3 Å². The van der Waals surface area contributed by atoms with Gasteiger partial charge in [-0.2, -0.15) is 0 Å². The Kier molecular flexibility index (Phi) is 19.1. The lowest BCUT2D eigenvalue weighted by Gasteiger charge is -2.44. The fourth-order valence-electron chi connectivity index (χ4n) is 7.72. The minimum atomic E-state index is -4.49. The molecule has 8 atom stereocenters. The lowest BCUT2D eigenvalue weighted by atomic mass is 9.96. The molecule has 396 valence electrons. The number of ether oxygens (including phenoxy) is 4. The van der Waals surface area contributed by atoms with Gasteiger partial charge in [0.25, 0.3) is 0 Å². The molecular formula is C46H60N4O20S2. The predicted octanol–water partition coefficient (Wildman–Crippen LogP) is 0.465. The van der Waals surface area contributed by atoms with Crippen LogP contribution in [0.4, 0.5) is 11.4 Å². The Balaban J connectivity index is 0.000000267. The average Bonchev–Trinajstić information content (AvgIpc) is 3.55. The molecule has 2 fully saturated rings. The number of nitrogens with two attached hydrogens (primary N) is 2. The van der Waals surface area contributed by atoms with Gasteiger partial charge < -0.3 is 79.8 Å². The van der Waals surface area contributed by atoms with Gasteiger partial charge in [0.1, 0.15) is 57.9 Å². The SMILES string of the molecule is CCCCN(CC1(O)OC[C@@H](O)[C@@H](O)[C@@H]1O)c1cc(C(=O)O)cc(S(N)(=O)=O)c1Oc1ccccc1.CCCCN(CC1(O)O[C@H](CO)[C@@H](O)[C@@H]1O)c1cc(C(=O)O)cc(S(N)(=O)=O)c1Oc1ccccc1. The monoisotopic (exact) mass is 1050 g/mol. The number of hydrogen-bond donors (Lipinski definition) is 12. The van der Waals surface area contributed by atoms with E-state index in [2.05, 4.69) is 0 Å². The Morgan fingerprint density at radius 3 is 1.43 bits per heavy atom. The van der Waals surface area contributed by atoms with Gasteiger partial charge in [-0.25, -0.2) is 36.7 Å². The van der Waals surface area contributed by atoms with Crippen molar-refractivity contribution in [3.8, 4) is 23.0 Å². The number of aliphatic hydroxyl groups is 8. The number of sulfonamides is 2. The Labute approximate surface area is 414 Å². The molecule has 4 aromatic rings. The van der Waals surface area contributed by atoms with Gasteiger partial charge in [0, 0.05) is 13.1 Å². The molecule has 0 radical (unpaired) electrons. The molecule has 2 aliphatic rings. The van der Waals surface area contributed by atoms with Crippen molar-refractivity contribution in [1.82, 2.24) is 0 Å². The highest BCUT2D eigenvalue weighted by molar-refractivity contribution is 7.89. The van der Waals surface area contributed by atoms with Crippen LogP contribution in [-0.2, 0) is 29.5 Å². The Morgan fingerprint density at radius 2 is 1.07 bits per heavy atom. The van der Waals surface area contributed by atoms with Gasteiger partial charge in [-0.1, -0.05) is 63.1 Å². The Hall–Kier alpha value is -5.56. The number of unbranched alkanes of at least 4 members (excludes halogenated alkanes) is 2. The molecule has 4 aromatic carbocycles. The van der Waals surface area contributed by atoms with Crippen molar-refractivity contribution >= 4 is 43.4 Å². The van der Waals surface area contributed by atoms with Crippen LogP contribution in [0.5, 0.6) is 23.0 Å². The van der Waals surface area contributed by atoms with Gasteiger partial charge in [-0.05, 0) is 61.4 Å². The first-order chi connectivity index (χ1) is 33.8. The number of para-hydroxylation sites is 2. The highest BCUT2D eigenvalue weighted by Crippen LogP contribution is 2.43. The maximum absolute atomic E-state index is 12.5. The second-order valence-electron chi connectivity index (χ2n) is 17.0. The van der Waals surface area contributed by atoms with Gasteiger partial charge in [0.15, 0.2) is 11.5 Å². The number of rotatable bonds is 21. The van der Waals surface area contributed by atoms with Gasteiger partial charge >= 0.3 is 11.9 Å². The number of hydrogen-bond acceptors (Lipinski definition) is 20. The van der Waals surface area contributed by atoms with Gasteiger partial charge in [0.05, 0.1) is 48.8 Å². The standard InChI is InChI=1S/2C23H30N2O10S/c1-2-3-9-25(13-23(31)21(28)19(27)17(26)12-34-23)16-10-14(22(29)30)11-18(36(24,32)33)20(16)35-15-7-5-4-6-8-15;1-2-3-9-25(13-23(31)21(28)19(27)17(12-26)35-23)16-10-14(22(29)30)11-18(36(24,32)33)20(16)34-15-7-5-4-6-8-15/h2*4-8,10-11,17,19,21,26-28,31H,2-3,9,12-13H2,1H3,(H,29,30)(H2,24,32,33)/t2*17-,19-,21+,23?/m11/s1. The zero-order valence-corrected chi connectivity index (χ0v) is 40.7. The van der Waals surface area contributed by atoms with E-state index >= 15 is 0 Å². The van der Waals surface area contributed by atoms with Crippen molar-refractivity contribution in [3.05, 3.63) is 96.1 Å². The summed E-state index contributed by atoms with van der Waals surface area (Å²) in [5, 5.41) is 113. The molecule has 2 heterocycles. The fraction of sp³-hybridized carbons (Fsp3) is 0.435. The van der Waals surface area contributed by atoms with Gasteiger partial charge in [-0.3, -0.25) is 0 Å². The summed E-state index contributed by atoms with van der Waals surface area (Å²) >= 11 is 0. The molecule has 0 bridgehead atoms. The third kappa shape index (κ3) is 13.7. The second-order valence-corrected chi connectivity index (χ2v) is 20.1. The number of carbonyl (C=O) groups is 2. The van der Waals surface area contributed by atoms with E-state index in [4.69, 9.17) is 29.2 Å². The number of anilines is 2. The minimum Gasteiger partial charge on any atom is -0.478 e. The molecule has 0 saturated carbocycles. The fourth-order valence-corrected chi connectivity index (χ4v) is 9.12. The summed E-state index contributed by atoms with van der Waals surface area (Å²) in [6, 6.07) is 20.3. The summed E-state index contributed by atoms with van der Waals surface area (Å²) < 4.78 is 72.4. The molecule has 2 saturated heterocycles. The highest BCUT2D eigenvalue weighted by atomic mass is 32.2. The summed E-state index contributed by atoms with van der Waals surface area (Å²) in [6.07, 6.45) is -7.45. The molecule has 0 aromatic heterocycles. The highest BCUT2D eigenvalue weighted by Gasteiger charge is 2.54. The molecule has 0 spiro atoms. The van der Waals surface area contributed by atoms with Crippen LogP contribution in [0.25, 0.3) is 0 Å². The largest absolute Gasteiger partial charge is 0.478 e. The van der Waals surface area contributed by atoms with E-state index in [1.54, 1.807) is 60.7 Å². The number of carboxylic acid groups (broad SMARTS) is 2. The van der Waals surface area contributed by atoms with Gasteiger partial charge in [-0.15, -0.1) is 0 Å². The van der Waals surface area contributed by atoms with Crippen molar-refractivity contribution < 1.29 is 96.4 Å². The van der Waals surface area contributed by atoms with Crippen molar-refractivity contribution in [3.63, 3.8) is 0 Å². The lowest BCUT2D eigenvalue weighted by molar-refractivity contribution is -0.315. The molecule has 0 amide bonds. The van der Waals surface area contributed by atoms with Crippen molar-refractivity contribution in [2.75, 3.05) is 49.2 Å². The molecule has 24 nitrogen and oxygen atoms in total. The van der Waals surface area contributed by atoms with Crippen LogP contribution in [0.3, 0.4) is 0 Å². The van der Waals surface area contributed by atoms with E-state index in [9.17, 15) is 77.5 Å². The smallest absolute Gasteiger partial charge is 0.335 e. The molecule has 2 unspecified atom stereocenters. The molecule has 26 heteroatoms. The summed E-state index contributed by atoms with van der Waals surface area (Å²) in [7, 11) is -8.98. The van der Waals surface area contributed by atoms with E-state index in [1.807, 2.05) is 13.8 Å². The van der Waals surface area contributed by atoms with E-state index in [-0.39, 0.29) is 47.5 Å². The first-order valence-electron chi connectivity index (χ1n) is 22.4. The van der Waals surface area contributed by atoms with Crippen LogP contribution >= 0.6 is 0 Å². The first kappa shape index (κ1) is 57.3. The van der Waals surface area contributed by atoms with Gasteiger partial charge in [0.2, 0.25) is 31.6 Å². The maximum atomic E-state index is 12.5. The normalized spacial score (nSPS) is 24.2. The number of aliphatic hydroxyl groups excluding tert-OH is 6. The number of aromatic carboxylic acids is 2. The van der Waals surface area contributed by atoms with Crippen LogP contribution in [0, 0.1) is 0 Å². The van der Waals surface area contributed by atoms with E-state index in [0.717, 1.165) is 24.3 Å². The second kappa shape index (κ2) is 24.0. The Bertz CT molecular complexity index is 2570. The van der Waals surface area contributed by atoms with Crippen LogP contribution < -0.4 is 29.6 Å². The molecule has 2 aliphatic heterocycles. The number of benzene rings is 4. The zero-order valence-electron chi connectivity index (χ0n) is 39.0. The van der Waals surface area contributed by atoms with E-state index in [1.165, 1.54) is 9.80 Å². The van der Waals surface area contributed by atoms with Crippen molar-refractivity contribution in [2.45, 2.75) is 97.5 Å². The van der Waals surface area contributed by atoms with Crippen molar-refractivity contribution in [1.29, 1.82) is 0 Å². The van der Waals surface area contributed by atoms with Crippen LogP contribution in [-0.4, -0.2) is 167 Å². The number of nitrogens with zero attached hydrogens (tertiary/aromatic N) is 2. The van der Waals surface area contributed by atoms with E-state index in [0.29, 0.717) is 25.7 Å².